The van der Waals surface area contributed by atoms with Gasteiger partial charge in [0.1, 0.15) is 6.10 Å². The minimum Gasteiger partial charge on any atom is -0.371 e. The maximum Gasteiger partial charge on any atom is 0.161 e. The van der Waals surface area contributed by atoms with Gasteiger partial charge in [-0.3, -0.25) is 4.79 Å². The molecule has 0 radical (unpaired) electrons. The molecule has 0 amide bonds. The minimum atomic E-state index is -0.199. The second kappa shape index (κ2) is 6.75. The van der Waals surface area contributed by atoms with Gasteiger partial charge in [-0.05, 0) is 31.2 Å². The summed E-state index contributed by atoms with van der Waals surface area (Å²) in [6, 6.07) is 4.09. The third-order valence-corrected chi connectivity index (χ3v) is 3.23. The van der Waals surface area contributed by atoms with E-state index in [1.165, 1.54) is 4.88 Å². The molecule has 0 aromatic carbocycles. The summed E-state index contributed by atoms with van der Waals surface area (Å²) in [7, 11) is 0. The summed E-state index contributed by atoms with van der Waals surface area (Å²) in [4.78, 5) is 13.0. The topological polar surface area (TPSA) is 26.3 Å². The maximum absolute atomic E-state index is 11.7. The van der Waals surface area contributed by atoms with Crippen LogP contribution in [0, 0.1) is 0 Å². The predicted octanol–water partition coefficient (Wildman–Crippen LogP) is 3.06. The first-order valence-corrected chi connectivity index (χ1v) is 6.32. The molecule has 0 saturated carbocycles. The molecule has 1 rings (SSSR count). The molecule has 1 atom stereocenters. The summed E-state index contributed by atoms with van der Waals surface area (Å²) >= 11 is 1.70. The smallest absolute Gasteiger partial charge is 0.161 e. The zero-order chi connectivity index (χ0) is 11.1. The fraction of sp³-hybridized carbons (Fsp3) is 0.583. The van der Waals surface area contributed by atoms with E-state index in [9.17, 15) is 4.79 Å². The van der Waals surface area contributed by atoms with Crippen molar-refractivity contribution in [1.29, 1.82) is 0 Å². The molecule has 1 unspecified atom stereocenters. The molecule has 0 aliphatic heterocycles. The van der Waals surface area contributed by atoms with Crippen LogP contribution in [0.5, 0.6) is 0 Å². The lowest BCUT2D eigenvalue weighted by molar-refractivity contribution is -0.130. The molecule has 0 fully saturated rings. The zero-order valence-electron chi connectivity index (χ0n) is 9.36. The molecule has 0 N–H and O–H groups in total. The molecule has 2 nitrogen and oxygen atoms in total. The van der Waals surface area contributed by atoms with Crippen LogP contribution in [0.2, 0.25) is 0 Å². The van der Waals surface area contributed by atoms with Crippen LogP contribution in [0.1, 0.15) is 31.6 Å². The largest absolute Gasteiger partial charge is 0.371 e. The molecular weight excluding hydrogens is 208 g/mol. The molecule has 1 heterocycles. The van der Waals surface area contributed by atoms with E-state index in [1.807, 2.05) is 25.3 Å². The van der Waals surface area contributed by atoms with Crippen molar-refractivity contribution in [2.45, 2.75) is 39.2 Å². The normalized spacial score (nSPS) is 12.7. The lowest BCUT2D eigenvalue weighted by atomic mass is 10.1. The first-order valence-electron chi connectivity index (χ1n) is 5.44. The number of carbonyl (C=O) groups excluding carboxylic acids is 1. The third kappa shape index (κ3) is 4.14. The van der Waals surface area contributed by atoms with Crippen molar-refractivity contribution in [1.82, 2.24) is 0 Å². The highest BCUT2D eigenvalue weighted by molar-refractivity contribution is 7.09. The standard InChI is InChI=1S/C12H18O2S/c1-3-12(14-4-2)11(13)8-7-10-6-5-9-15-10/h5-6,9,12H,3-4,7-8H2,1-2H3. The van der Waals surface area contributed by atoms with Crippen molar-refractivity contribution in [2.24, 2.45) is 0 Å². The summed E-state index contributed by atoms with van der Waals surface area (Å²) in [5, 5.41) is 2.04. The van der Waals surface area contributed by atoms with Crippen molar-refractivity contribution < 1.29 is 9.53 Å². The quantitative estimate of drug-likeness (QED) is 0.714. The fourth-order valence-electron chi connectivity index (χ4n) is 1.50. The number of thiophene rings is 1. The van der Waals surface area contributed by atoms with E-state index in [0.29, 0.717) is 13.0 Å². The van der Waals surface area contributed by atoms with Gasteiger partial charge in [0.05, 0.1) is 0 Å². The van der Waals surface area contributed by atoms with Gasteiger partial charge in [-0.1, -0.05) is 13.0 Å². The Morgan fingerprint density at radius 3 is 2.87 bits per heavy atom. The van der Waals surface area contributed by atoms with E-state index >= 15 is 0 Å². The Hall–Kier alpha value is -0.670. The van der Waals surface area contributed by atoms with Crippen LogP contribution in [0.3, 0.4) is 0 Å². The second-order valence-corrected chi connectivity index (χ2v) is 4.43. The van der Waals surface area contributed by atoms with E-state index in [0.717, 1.165) is 12.8 Å². The van der Waals surface area contributed by atoms with Gasteiger partial charge in [-0.15, -0.1) is 11.3 Å². The minimum absolute atomic E-state index is 0.199. The lowest BCUT2D eigenvalue weighted by Crippen LogP contribution is -2.23. The number of hydrogen-bond acceptors (Lipinski definition) is 3. The van der Waals surface area contributed by atoms with Crippen LogP contribution in [-0.4, -0.2) is 18.5 Å². The van der Waals surface area contributed by atoms with Gasteiger partial charge < -0.3 is 4.74 Å². The molecule has 1 aromatic heterocycles. The highest BCUT2D eigenvalue weighted by Crippen LogP contribution is 2.13. The summed E-state index contributed by atoms with van der Waals surface area (Å²) in [5.74, 6) is 0.229. The van der Waals surface area contributed by atoms with Crippen LogP contribution in [0.15, 0.2) is 17.5 Å². The first kappa shape index (κ1) is 12.4. The number of Topliss-reactive ketones (excluding diaryl/α,β-unsaturated/α-hetero) is 1. The first-order chi connectivity index (χ1) is 7.27. The predicted molar refractivity (Wildman–Crippen MR) is 63.4 cm³/mol. The fourth-order valence-corrected chi connectivity index (χ4v) is 2.21. The zero-order valence-corrected chi connectivity index (χ0v) is 10.2. The highest BCUT2D eigenvalue weighted by atomic mass is 32.1. The van der Waals surface area contributed by atoms with E-state index in [1.54, 1.807) is 11.3 Å². The summed E-state index contributed by atoms with van der Waals surface area (Å²) in [6.45, 7) is 4.53. The Kier molecular flexibility index (Phi) is 5.58. The monoisotopic (exact) mass is 226 g/mol. The summed E-state index contributed by atoms with van der Waals surface area (Å²) in [5.41, 5.74) is 0. The lowest BCUT2D eigenvalue weighted by Gasteiger charge is -2.12. The number of rotatable bonds is 7. The summed E-state index contributed by atoms with van der Waals surface area (Å²) < 4.78 is 5.38. The molecular formula is C12H18O2S. The van der Waals surface area contributed by atoms with Crippen LogP contribution >= 0.6 is 11.3 Å². The summed E-state index contributed by atoms with van der Waals surface area (Å²) in [6.07, 6.45) is 2.02. The number of carbonyl (C=O) groups is 1. The average molecular weight is 226 g/mol. The van der Waals surface area contributed by atoms with Gasteiger partial charge in [-0.2, -0.15) is 0 Å². The maximum atomic E-state index is 11.7. The SMILES string of the molecule is CCOC(CC)C(=O)CCc1cccs1. The Bertz CT molecular complexity index is 280. The molecule has 0 aliphatic carbocycles. The van der Waals surface area contributed by atoms with Gasteiger partial charge in [0.25, 0.3) is 0 Å². The van der Waals surface area contributed by atoms with Gasteiger partial charge >= 0.3 is 0 Å². The molecule has 84 valence electrons. The van der Waals surface area contributed by atoms with Crippen LogP contribution in [0.4, 0.5) is 0 Å². The van der Waals surface area contributed by atoms with Crippen molar-refractivity contribution >= 4 is 17.1 Å². The Morgan fingerprint density at radius 1 is 1.53 bits per heavy atom. The Morgan fingerprint density at radius 2 is 2.33 bits per heavy atom. The highest BCUT2D eigenvalue weighted by Gasteiger charge is 2.15. The number of ether oxygens (including phenoxy) is 1. The van der Waals surface area contributed by atoms with Crippen LogP contribution in [-0.2, 0) is 16.0 Å². The van der Waals surface area contributed by atoms with Crippen LogP contribution in [0.25, 0.3) is 0 Å². The van der Waals surface area contributed by atoms with Gasteiger partial charge in [0, 0.05) is 17.9 Å². The molecule has 0 bridgehead atoms. The van der Waals surface area contributed by atoms with Gasteiger partial charge in [-0.25, -0.2) is 0 Å². The molecule has 0 aliphatic rings. The second-order valence-electron chi connectivity index (χ2n) is 3.40. The Balaban J connectivity index is 2.34. The van der Waals surface area contributed by atoms with Crippen LogP contribution < -0.4 is 0 Å². The molecule has 0 spiro atoms. The van der Waals surface area contributed by atoms with E-state index in [4.69, 9.17) is 4.74 Å². The third-order valence-electron chi connectivity index (χ3n) is 2.30. The molecule has 0 saturated heterocycles. The van der Waals surface area contributed by atoms with E-state index < -0.39 is 0 Å². The molecule has 3 heteroatoms. The van der Waals surface area contributed by atoms with Crippen molar-refractivity contribution in [3.8, 4) is 0 Å². The Labute approximate surface area is 95.3 Å². The van der Waals surface area contributed by atoms with E-state index in [2.05, 4.69) is 6.07 Å². The number of aryl methyl sites for hydroxylation is 1. The molecule has 15 heavy (non-hydrogen) atoms. The van der Waals surface area contributed by atoms with Gasteiger partial charge in [0.15, 0.2) is 5.78 Å². The van der Waals surface area contributed by atoms with Crippen molar-refractivity contribution in [3.63, 3.8) is 0 Å². The number of ketones is 1. The van der Waals surface area contributed by atoms with Crippen molar-refractivity contribution in [3.05, 3.63) is 22.4 Å². The number of hydrogen-bond donors (Lipinski definition) is 0. The van der Waals surface area contributed by atoms with Gasteiger partial charge in [0.2, 0.25) is 0 Å². The van der Waals surface area contributed by atoms with Crippen molar-refractivity contribution in [2.75, 3.05) is 6.61 Å². The molecule has 1 aromatic rings. The van der Waals surface area contributed by atoms with E-state index in [-0.39, 0.29) is 11.9 Å². The average Bonchev–Trinajstić information content (AvgIpc) is 2.75.